The lowest BCUT2D eigenvalue weighted by Gasteiger charge is -2.17. The monoisotopic (exact) mass is 244 g/mol. The summed E-state index contributed by atoms with van der Waals surface area (Å²) in [5, 5.41) is 12.2. The van der Waals surface area contributed by atoms with Gasteiger partial charge < -0.3 is 10.0 Å². The Balaban J connectivity index is 1.81. The van der Waals surface area contributed by atoms with Crippen LogP contribution in [0.5, 0.6) is 0 Å². The van der Waals surface area contributed by atoms with Gasteiger partial charge in [-0.25, -0.2) is 4.98 Å². The Bertz CT molecular complexity index is 436. The fraction of sp³-hybridized carbons (Fsp3) is 0.556. The Morgan fingerprint density at radius 1 is 1.80 bits per heavy atom. The normalized spacial score (nSPS) is 32.9. The molecular formula is C9H9ClN2O2S. The van der Waals surface area contributed by atoms with Crippen LogP contribution >= 0.6 is 22.9 Å². The number of aliphatic carboxylic acids is 1. The molecule has 2 unspecified atom stereocenters. The van der Waals surface area contributed by atoms with E-state index >= 15 is 0 Å². The number of fused-ring (bicyclic) bond motifs is 1. The van der Waals surface area contributed by atoms with Crippen LogP contribution in [0.15, 0.2) is 5.38 Å². The second kappa shape index (κ2) is 2.86. The molecule has 6 heteroatoms. The van der Waals surface area contributed by atoms with Crippen LogP contribution in [0.4, 0.5) is 5.13 Å². The highest BCUT2D eigenvalue weighted by atomic mass is 35.5. The van der Waals surface area contributed by atoms with Crippen LogP contribution in [0, 0.1) is 11.3 Å². The smallest absolute Gasteiger partial charge is 0.311 e. The van der Waals surface area contributed by atoms with E-state index in [-0.39, 0.29) is 0 Å². The SMILES string of the molecule is O=C(O)C12CC1CN(c1nc(Cl)cs1)C2. The summed E-state index contributed by atoms with van der Waals surface area (Å²) < 4.78 is 0. The van der Waals surface area contributed by atoms with Crippen LogP contribution < -0.4 is 4.90 Å². The van der Waals surface area contributed by atoms with Gasteiger partial charge in [-0.05, 0) is 12.3 Å². The highest BCUT2D eigenvalue weighted by Gasteiger charge is 2.65. The van der Waals surface area contributed by atoms with Crippen molar-refractivity contribution in [2.24, 2.45) is 11.3 Å². The number of thiazole rings is 1. The van der Waals surface area contributed by atoms with E-state index in [2.05, 4.69) is 4.98 Å². The number of hydrogen-bond acceptors (Lipinski definition) is 4. The van der Waals surface area contributed by atoms with E-state index in [1.54, 1.807) is 5.38 Å². The molecule has 1 saturated carbocycles. The van der Waals surface area contributed by atoms with E-state index in [0.29, 0.717) is 17.6 Å². The van der Waals surface area contributed by atoms with Gasteiger partial charge in [0.2, 0.25) is 0 Å². The zero-order chi connectivity index (χ0) is 10.6. The average Bonchev–Trinajstić information content (AvgIpc) is 2.61. The predicted octanol–water partition coefficient (Wildman–Crippen LogP) is 1.71. The van der Waals surface area contributed by atoms with Crippen LogP contribution in [0.3, 0.4) is 0 Å². The molecule has 0 radical (unpaired) electrons. The molecular weight excluding hydrogens is 236 g/mol. The molecule has 3 rings (SSSR count). The second-order valence-corrected chi connectivity index (χ2v) is 5.42. The lowest BCUT2D eigenvalue weighted by molar-refractivity contribution is -0.142. The number of aromatic nitrogens is 1. The topological polar surface area (TPSA) is 53.4 Å². The van der Waals surface area contributed by atoms with Gasteiger partial charge in [-0.1, -0.05) is 11.6 Å². The molecule has 4 nitrogen and oxygen atoms in total. The third kappa shape index (κ3) is 1.26. The molecule has 1 aromatic heterocycles. The van der Waals surface area contributed by atoms with E-state index in [0.717, 1.165) is 18.1 Å². The molecule has 80 valence electrons. The second-order valence-electron chi connectivity index (χ2n) is 4.20. The molecule has 2 aliphatic rings. The predicted molar refractivity (Wildman–Crippen MR) is 57.5 cm³/mol. The fourth-order valence-corrected chi connectivity index (χ4v) is 3.31. The standard InChI is InChI=1S/C9H9ClN2O2S/c10-6-3-15-8(11-6)12-2-5-1-9(5,4-12)7(13)14/h3,5H,1-2,4H2,(H,13,14). The van der Waals surface area contributed by atoms with Crippen molar-refractivity contribution < 1.29 is 9.90 Å². The first-order valence-electron chi connectivity index (χ1n) is 4.71. The summed E-state index contributed by atoms with van der Waals surface area (Å²) in [5.74, 6) is -0.365. The van der Waals surface area contributed by atoms with Crippen molar-refractivity contribution in [1.29, 1.82) is 0 Å². The molecule has 0 bridgehead atoms. The van der Waals surface area contributed by atoms with E-state index in [9.17, 15) is 4.79 Å². The molecule has 0 spiro atoms. The lowest BCUT2D eigenvalue weighted by Crippen LogP contribution is -2.28. The van der Waals surface area contributed by atoms with Gasteiger partial charge in [0.05, 0.1) is 5.41 Å². The van der Waals surface area contributed by atoms with Crippen molar-refractivity contribution in [3.63, 3.8) is 0 Å². The first-order chi connectivity index (χ1) is 7.12. The lowest BCUT2D eigenvalue weighted by atomic mass is 10.1. The Morgan fingerprint density at radius 3 is 3.13 bits per heavy atom. The number of hydrogen-bond donors (Lipinski definition) is 1. The van der Waals surface area contributed by atoms with E-state index in [4.69, 9.17) is 16.7 Å². The van der Waals surface area contributed by atoms with Crippen LogP contribution in [0.25, 0.3) is 0 Å². The highest BCUT2D eigenvalue weighted by molar-refractivity contribution is 7.14. The van der Waals surface area contributed by atoms with Crippen molar-refractivity contribution in [3.8, 4) is 0 Å². The number of halogens is 1. The van der Waals surface area contributed by atoms with Gasteiger partial charge in [0.15, 0.2) is 5.13 Å². The summed E-state index contributed by atoms with van der Waals surface area (Å²) in [6.45, 7) is 1.38. The van der Waals surface area contributed by atoms with E-state index < -0.39 is 11.4 Å². The van der Waals surface area contributed by atoms with Gasteiger partial charge in [0.25, 0.3) is 0 Å². The molecule has 1 saturated heterocycles. The number of piperidine rings is 1. The Labute approximate surface area is 95.5 Å². The third-order valence-corrected chi connectivity index (χ3v) is 4.53. The number of nitrogens with zero attached hydrogens (tertiary/aromatic N) is 2. The largest absolute Gasteiger partial charge is 0.481 e. The van der Waals surface area contributed by atoms with Crippen molar-refractivity contribution in [1.82, 2.24) is 4.98 Å². The first-order valence-corrected chi connectivity index (χ1v) is 5.97. The summed E-state index contributed by atoms with van der Waals surface area (Å²) in [4.78, 5) is 17.3. The highest BCUT2D eigenvalue weighted by Crippen LogP contribution is 2.58. The third-order valence-electron chi connectivity index (χ3n) is 3.31. The quantitative estimate of drug-likeness (QED) is 0.861. The van der Waals surface area contributed by atoms with Gasteiger partial charge in [0.1, 0.15) is 5.15 Å². The Kier molecular flexibility index (Phi) is 1.79. The van der Waals surface area contributed by atoms with Crippen LogP contribution in [-0.4, -0.2) is 29.1 Å². The molecule has 1 aliphatic carbocycles. The van der Waals surface area contributed by atoms with Crippen LogP contribution in [0.2, 0.25) is 5.15 Å². The van der Waals surface area contributed by atoms with Gasteiger partial charge in [-0.3, -0.25) is 4.79 Å². The molecule has 0 aromatic carbocycles. The van der Waals surface area contributed by atoms with Crippen molar-refractivity contribution in [2.45, 2.75) is 6.42 Å². The molecule has 0 amide bonds. The number of carboxylic acids is 1. The number of carboxylic acid groups (broad SMARTS) is 1. The molecule has 1 N–H and O–H groups in total. The minimum atomic E-state index is -0.669. The van der Waals surface area contributed by atoms with Gasteiger partial charge >= 0.3 is 5.97 Å². The van der Waals surface area contributed by atoms with Gasteiger partial charge in [-0.15, -0.1) is 11.3 Å². The molecule has 2 fully saturated rings. The minimum absolute atomic E-state index is 0.303. The van der Waals surface area contributed by atoms with Crippen LogP contribution in [-0.2, 0) is 4.79 Å². The summed E-state index contributed by atoms with van der Waals surface area (Å²) in [6, 6.07) is 0. The van der Waals surface area contributed by atoms with Crippen molar-refractivity contribution in [2.75, 3.05) is 18.0 Å². The molecule has 15 heavy (non-hydrogen) atoms. The maximum absolute atomic E-state index is 11.1. The minimum Gasteiger partial charge on any atom is -0.481 e. The van der Waals surface area contributed by atoms with Gasteiger partial charge in [0, 0.05) is 18.5 Å². The molecule has 1 aromatic rings. The molecule has 2 atom stereocenters. The summed E-state index contributed by atoms with van der Waals surface area (Å²) in [6.07, 6.45) is 0.817. The van der Waals surface area contributed by atoms with Crippen molar-refractivity contribution >= 4 is 34.0 Å². The number of carbonyl (C=O) groups is 1. The zero-order valence-electron chi connectivity index (χ0n) is 7.81. The average molecular weight is 245 g/mol. The molecule has 1 aliphatic heterocycles. The van der Waals surface area contributed by atoms with E-state index in [1.807, 2.05) is 4.90 Å². The van der Waals surface area contributed by atoms with E-state index in [1.165, 1.54) is 11.3 Å². The summed E-state index contributed by atoms with van der Waals surface area (Å²) >= 11 is 7.21. The zero-order valence-corrected chi connectivity index (χ0v) is 9.38. The summed E-state index contributed by atoms with van der Waals surface area (Å²) in [7, 11) is 0. The van der Waals surface area contributed by atoms with Crippen molar-refractivity contribution in [3.05, 3.63) is 10.5 Å². The Hall–Kier alpha value is -0.810. The number of rotatable bonds is 2. The van der Waals surface area contributed by atoms with Crippen LogP contribution in [0.1, 0.15) is 6.42 Å². The van der Waals surface area contributed by atoms with Gasteiger partial charge in [-0.2, -0.15) is 0 Å². The number of anilines is 1. The first kappa shape index (κ1) is 9.42. The fourth-order valence-electron chi connectivity index (χ4n) is 2.35. The maximum atomic E-state index is 11.1. The summed E-state index contributed by atoms with van der Waals surface area (Å²) in [5.41, 5.74) is -0.488. The maximum Gasteiger partial charge on any atom is 0.311 e. The molecule has 2 heterocycles. The Morgan fingerprint density at radius 2 is 2.60 bits per heavy atom.